The molecule has 44 heavy (non-hydrogen) atoms. The molecule has 0 amide bonds. The third kappa shape index (κ3) is 3.82. The van der Waals surface area contributed by atoms with Crippen molar-refractivity contribution in [3.8, 4) is 0 Å². The van der Waals surface area contributed by atoms with Crippen LogP contribution in [0.1, 0.15) is 111 Å². The van der Waals surface area contributed by atoms with E-state index in [0.717, 1.165) is 51.4 Å². The molecule has 238 valence electrons. The second-order valence-electron chi connectivity index (χ2n) is 16.6. The zero-order valence-corrected chi connectivity index (χ0v) is 27.5. The van der Waals surface area contributed by atoms with Crippen molar-refractivity contribution in [2.75, 3.05) is 0 Å². The van der Waals surface area contributed by atoms with E-state index in [2.05, 4.69) is 68.3 Å². The Morgan fingerprint density at radius 1 is 0.795 bits per heavy atom. The van der Waals surface area contributed by atoms with Gasteiger partial charge in [0, 0.05) is 5.41 Å². The van der Waals surface area contributed by atoms with Crippen LogP contribution in [0.2, 0.25) is 0 Å². The lowest BCUT2D eigenvalue weighted by Gasteiger charge is -2.72. The molecule has 9 nitrogen and oxygen atoms in total. The van der Waals surface area contributed by atoms with Crippen molar-refractivity contribution in [1.29, 1.82) is 0 Å². The molecule has 0 saturated heterocycles. The molecule has 7 rings (SSSR count). The minimum atomic E-state index is -0.437. The molecule has 2 heterocycles. The Morgan fingerprint density at radius 3 is 2.16 bits per heavy atom. The maximum absolute atomic E-state index is 14.3. The number of carbonyl (C=O) groups excluding carboxylic acids is 2. The van der Waals surface area contributed by atoms with Crippen molar-refractivity contribution in [1.82, 2.24) is 29.5 Å². The number of nitrogens with zero attached hydrogens (tertiary/aromatic N) is 6. The SMILES string of the molecule is C=C(C)[C@@H]1CC[C@]2(C(=O)n3cncn3)CC[C@]3(C)C(CCC4[C@@]5(C)CCC(OC(=O)n6cncn6)C(C)(C)C5CC[C@]43C)C12. The van der Waals surface area contributed by atoms with Crippen LogP contribution >= 0.6 is 0 Å². The van der Waals surface area contributed by atoms with Gasteiger partial charge in [-0.3, -0.25) is 4.79 Å². The highest BCUT2D eigenvalue weighted by Crippen LogP contribution is 2.77. The van der Waals surface area contributed by atoms with Gasteiger partial charge in [0.05, 0.1) is 5.41 Å². The van der Waals surface area contributed by atoms with E-state index in [0.29, 0.717) is 29.6 Å². The zero-order chi connectivity index (χ0) is 31.3. The van der Waals surface area contributed by atoms with Crippen LogP contribution in [0.15, 0.2) is 37.5 Å². The van der Waals surface area contributed by atoms with Gasteiger partial charge in [-0.05, 0) is 117 Å². The van der Waals surface area contributed by atoms with Crippen molar-refractivity contribution >= 4 is 12.0 Å². The molecule has 0 radical (unpaired) electrons. The minimum Gasteiger partial charge on any atom is -0.444 e. The van der Waals surface area contributed by atoms with Crippen molar-refractivity contribution in [2.45, 2.75) is 112 Å². The first-order valence-corrected chi connectivity index (χ1v) is 16.9. The molecule has 5 unspecified atom stereocenters. The van der Waals surface area contributed by atoms with Gasteiger partial charge < -0.3 is 4.74 Å². The van der Waals surface area contributed by atoms with Gasteiger partial charge in [0.1, 0.15) is 31.4 Å². The van der Waals surface area contributed by atoms with Gasteiger partial charge in [-0.25, -0.2) is 14.8 Å². The lowest BCUT2D eigenvalue weighted by atomic mass is 9.32. The molecular weight excluding hydrogens is 552 g/mol. The number of hydrogen-bond acceptors (Lipinski definition) is 7. The summed E-state index contributed by atoms with van der Waals surface area (Å²) in [6, 6.07) is 0. The molecule has 10 atom stereocenters. The van der Waals surface area contributed by atoms with Crippen LogP contribution < -0.4 is 0 Å². The summed E-state index contributed by atoms with van der Waals surface area (Å²) in [6.07, 6.45) is 15.8. The second-order valence-corrected chi connectivity index (χ2v) is 16.6. The lowest BCUT2D eigenvalue weighted by molar-refractivity contribution is -0.244. The number of allylic oxidation sites excluding steroid dienone is 1. The fourth-order valence-electron chi connectivity index (χ4n) is 12.7. The highest BCUT2D eigenvalue weighted by atomic mass is 16.6. The number of carbonyl (C=O) groups is 2. The Kier molecular flexibility index (Phi) is 6.67. The van der Waals surface area contributed by atoms with E-state index in [1.54, 1.807) is 6.33 Å². The Bertz CT molecular complexity index is 1450. The third-order valence-corrected chi connectivity index (χ3v) is 14.9. The molecule has 0 bridgehead atoms. The highest BCUT2D eigenvalue weighted by molar-refractivity contribution is 5.85. The lowest BCUT2D eigenvalue weighted by Crippen LogP contribution is -2.67. The van der Waals surface area contributed by atoms with Crippen molar-refractivity contribution in [2.24, 2.45) is 56.7 Å². The van der Waals surface area contributed by atoms with E-state index in [1.165, 1.54) is 46.8 Å². The molecule has 2 aromatic rings. The van der Waals surface area contributed by atoms with E-state index in [9.17, 15) is 9.59 Å². The maximum Gasteiger partial charge on any atom is 0.436 e. The largest absolute Gasteiger partial charge is 0.444 e. The average molecular weight is 603 g/mol. The predicted molar refractivity (Wildman–Crippen MR) is 165 cm³/mol. The molecule has 0 aromatic carbocycles. The predicted octanol–water partition coefficient (Wildman–Crippen LogP) is 7.22. The molecule has 5 aliphatic rings. The Labute approximate surface area is 261 Å². The minimum absolute atomic E-state index is 0.138. The van der Waals surface area contributed by atoms with Gasteiger partial charge in [-0.15, -0.1) is 5.10 Å². The maximum atomic E-state index is 14.3. The molecule has 5 saturated carbocycles. The van der Waals surface area contributed by atoms with E-state index in [-0.39, 0.29) is 39.1 Å². The summed E-state index contributed by atoms with van der Waals surface area (Å²) in [5, 5.41) is 8.32. The van der Waals surface area contributed by atoms with E-state index in [4.69, 9.17) is 4.74 Å². The van der Waals surface area contributed by atoms with Crippen LogP contribution in [-0.4, -0.2) is 47.6 Å². The normalized spacial score (nSPS) is 44.0. The van der Waals surface area contributed by atoms with Crippen LogP contribution in [0.5, 0.6) is 0 Å². The summed E-state index contributed by atoms with van der Waals surface area (Å²) in [5.74, 6) is 2.33. The summed E-state index contributed by atoms with van der Waals surface area (Å²) >= 11 is 0. The second kappa shape index (κ2) is 9.83. The van der Waals surface area contributed by atoms with Gasteiger partial charge in [0.25, 0.3) is 5.91 Å². The zero-order valence-electron chi connectivity index (χ0n) is 27.5. The summed E-state index contributed by atoms with van der Waals surface area (Å²) in [6.45, 7) is 19.1. The molecule has 9 heteroatoms. The van der Waals surface area contributed by atoms with E-state index < -0.39 is 6.09 Å². The number of fused-ring (bicyclic) bond motifs is 7. The van der Waals surface area contributed by atoms with Crippen LogP contribution in [0.4, 0.5) is 4.79 Å². The van der Waals surface area contributed by atoms with Crippen LogP contribution in [0.3, 0.4) is 0 Å². The summed E-state index contributed by atoms with van der Waals surface area (Å²) in [5.41, 5.74) is 1.17. The van der Waals surface area contributed by atoms with Gasteiger partial charge in [0.15, 0.2) is 0 Å². The Hall–Kier alpha value is -2.84. The fourth-order valence-corrected chi connectivity index (χ4v) is 12.7. The monoisotopic (exact) mass is 602 g/mol. The molecule has 0 spiro atoms. The first kappa shape index (κ1) is 29.8. The topological polar surface area (TPSA) is 105 Å². The summed E-state index contributed by atoms with van der Waals surface area (Å²) in [4.78, 5) is 35.2. The van der Waals surface area contributed by atoms with Crippen LogP contribution in [-0.2, 0) is 4.74 Å². The van der Waals surface area contributed by atoms with Crippen LogP contribution in [0.25, 0.3) is 0 Å². The standard InChI is InChI=1S/C35H50N6O3/c1-22(2)23-10-15-35(29(42)40-20-36-18-38-40)17-16-33(6)24(28(23)35)8-9-26-32(5)13-12-27(44-30(43)41-21-37-19-39-41)31(3,4)25(32)11-14-34(26,33)7/h18-21,23-28H,1,8-17H2,2-7H3/t23-,24?,25?,26?,27?,28?,32-,33+,34+,35-/m0/s1. The number of ether oxygens (including phenoxy) is 1. The fraction of sp³-hybridized carbons (Fsp3) is 0.771. The number of aromatic nitrogens is 6. The van der Waals surface area contributed by atoms with Crippen molar-refractivity contribution in [3.63, 3.8) is 0 Å². The summed E-state index contributed by atoms with van der Waals surface area (Å²) in [7, 11) is 0. The number of hydrogen-bond donors (Lipinski definition) is 0. The molecule has 0 aliphatic heterocycles. The van der Waals surface area contributed by atoms with Gasteiger partial charge in [-0.2, -0.15) is 14.5 Å². The molecule has 5 aliphatic carbocycles. The average Bonchev–Trinajstić information content (AvgIpc) is 3.76. The van der Waals surface area contributed by atoms with E-state index >= 15 is 0 Å². The quantitative estimate of drug-likeness (QED) is 0.342. The number of rotatable bonds is 3. The van der Waals surface area contributed by atoms with Gasteiger partial charge in [-0.1, -0.05) is 46.8 Å². The van der Waals surface area contributed by atoms with E-state index in [1.807, 2.05) is 0 Å². The Balaban J connectivity index is 1.20. The first-order valence-electron chi connectivity index (χ1n) is 16.9. The summed E-state index contributed by atoms with van der Waals surface area (Å²) < 4.78 is 8.84. The Morgan fingerprint density at radius 2 is 1.50 bits per heavy atom. The molecule has 0 N–H and O–H groups in total. The third-order valence-electron chi connectivity index (χ3n) is 14.9. The van der Waals surface area contributed by atoms with Crippen molar-refractivity contribution in [3.05, 3.63) is 37.5 Å². The van der Waals surface area contributed by atoms with Gasteiger partial charge in [0.2, 0.25) is 0 Å². The van der Waals surface area contributed by atoms with Crippen molar-refractivity contribution < 1.29 is 14.3 Å². The molecular formula is C35H50N6O3. The molecule has 5 fully saturated rings. The highest BCUT2D eigenvalue weighted by Gasteiger charge is 2.72. The molecule has 2 aromatic heterocycles. The first-order chi connectivity index (χ1) is 20.8. The van der Waals surface area contributed by atoms with Gasteiger partial charge >= 0.3 is 6.09 Å². The van der Waals surface area contributed by atoms with Crippen LogP contribution in [0, 0.1) is 56.7 Å². The smallest absolute Gasteiger partial charge is 0.436 e.